The van der Waals surface area contributed by atoms with Gasteiger partial charge in [0.2, 0.25) is 0 Å². The summed E-state index contributed by atoms with van der Waals surface area (Å²) in [6, 6.07) is 7.77. The normalized spacial score (nSPS) is 24.6. The summed E-state index contributed by atoms with van der Waals surface area (Å²) in [5.41, 5.74) is 2.08. The van der Waals surface area contributed by atoms with Gasteiger partial charge in [-0.1, -0.05) is 24.3 Å². The minimum Gasteiger partial charge on any atom is -0.481 e. The molecule has 0 saturated carbocycles. The molecule has 1 atom stereocenters. The van der Waals surface area contributed by atoms with Crippen molar-refractivity contribution < 1.29 is 14.6 Å². The first-order chi connectivity index (χ1) is 7.12. The quantitative estimate of drug-likeness (QED) is 0.839. The van der Waals surface area contributed by atoms with Crippen LogP contribution in [0.4, 0.5) is 0 Å². The van der Waals surface area contributed by atoms with Crippen LogP contribution in [0.5, 0.6) is 0 Å². The van der Waals surface area contributed by atoms with Crippen molar-refractivity contribution in [3.8, 4) is 0 Å². The van der Waals surface area contributed by atoms with Crippen molar-refractivity contribution in [1.29, 1.82) is 0 Å². The fraction of sp³-hybridized carbons (Fsp3) is 0.364. The third-order valence-electron chi connectivity index (χ3n) is 2.50. The third kappa shape index (κ3) is 2.06. The highest BCUT2D eigenvalue weighted by Gasteiger charge is 2.37. The Labute approximate surface area is 96.2 Å². The van der Waals surface area contributed by atoms with E-state index < -0.39 is 10.5 Å². The van der Waals surface area contributed by atoms with Gasteiger partial charge in [0.25, 0.3) is 0 Å². The first-order valence-electron chi connectivity index (χ1n) is 4.75. The van der Waals surface area contributed by atoms with Crippen LogP contribution >= 0.6 is 15.9 Å². The van der Waals surface area contributed by atoms with Gasteiger partial charge in [-0.2, -0.15) is 0 Å². The van der Waals surface area contributed by atoms with Gasteiger partial charge in [0.05, 0.1) is 13.0 Å². The Morgan fingerprint density at radius 2 is 2.27 bits per heavy atom. The first-order valence-corrected chi connectivity index (χ1v) is 5.54. The van der Waals surface area contributed by atoms with Crippen LogP contribution in [-0.4, -0.2) is 17.7 Å². The zero-order valence-corrected chi connectivity index (χ0v) is 9.66. The number of fused-ring (bicyclic) bond motifs is 1. The fourth-order valence-electron chi connectivity index (χ4n) is 1.84. The Morgan fingerprint density at radius 3 is 3.00 bits per heavy atom. The van der Waals surface area contributed by atoms with Crippen LogP contribution in [0.25, 0.3) is 0 Å². The summed E-state index contributed by atoms with van der Waals surface area (Å²) in [6.07, 6.45) is 0.771. The van der Waals surface area contributed by atoms with Crippen molar-refractivity contribution >= 4 is 21.9 Å². The Bertz CT molecular complexity index is 391. The molecular weight excluding hydrogens is 260 g/mol. The molecular formula is C11H11BrO3. The molecule has 0 aromatic heterocycles. The van der Waals surface area contributed by atoms with Crippen LogP contribution in [-0.2, 0) is 20.5 Å². The molecule has 80 valence electrons. The highest BCUT2D eigenvalue weighted by atomic mass is 79.9. The standard InChI is InChI=1S/C11H11BrO3/c12-11(7-10(13)14)9-4-2-1-3-8(9)5-6-15-11/h1-4H,5-7H2,(H,13,14). The van der Waals surface area contributed by atoms with E-state index in [0.29, 0.717) is 6.61 Å². The molecule has 1 unspecified atom stereocenters. The molecule has 0 amide bonds. The molecule has 1 aliphatic heterocycles. The maximum Gasteiger partial charge on any atom is 0.307 e. The average Bonchev–Trinajstić information content (AvgIpc) is 2.17. The first kappa shape index (κ1) is 10.6. The smallest absolute Gasteiger partial charge is 0.307 e. The lowest BCUT2D eigenvalue weighted by molar-refractivity contribution is -0.141. The van der Waals surface area contributed by atoms with Crippen LogP contribution in [0.15, 0.2) is 24.3 Å². The molecule has 0 bridgehead atoms. The van der Waals surface area contributed by atoms with Crippen molar-refractivity contribution in [2.75, 3.05) is 6.61 Å². The number of halogens is 1. The lowest BCUT2D eigenvalue weighted by atomic mass is 9.96. The second-order valence-electron chi connectivity index (χ2n) is 3.55. The van der Waals surface area contributed by atoms with E-state index in [-0.39, 0.29) is 6.42 Å². The summed E-state index contributed by atoms with van der Waals surface area (Å²) >= 11 is 3.39. The summed E-state index contributed by atoms with van der Waals surface area (Å²) in [4.78, 5) is 10.8. The molecule has 4 heteroatoms. The second kappa shape index (κ2) is 3.94. The number of carboxylic acid groups (broad SMARTS) is 1. The fourth-order valence-corrected chi connectivity index (χ4v) is 2.63. The number of carboxylic acids is 1. The topological polar surface area (TPSA) is 46.5 Å². The molecule has 0 saturated heterocycles. The van der Waals surface area contributed by atoms with Gasteiger partial charge in [-0.25, -0.2) is 0 Å². The molecule has 0 fully saturated rings. The van der Waals surface area contributed by atoms with Crippen LogP contribution < -0.4 is 0 Å². The number of aliphatic carboxylic acids is 1. The van der Waals surface area contributed by atoms with Crippen LogP contribution in [0, 0.1) is 0 Å². The van der Waals surface area contributed by atoms with Gasteiger partial charge < -0.3 is 9.84 Å². The number of rotatable bonds is 2. The SMILES string of the molecule is O=C(O)CC1(Br)OCCc2ccccc21. The molecule has 1 heterocycles. The van der Waals surface area contributed by atoms with E-state index in [0.717, 1.165) is 17.5 Å². The van der Waals surface area contributed by atoms with E-state index in [9.17, 15) is 4.79 Å². The Morgan fingerprint density at radius 1 is 1.53 bits per heavy atom. The number of hydrogen-bond donors (Lipinski definition) is 1. The number of hydrogen-bond acceptors (Lipinski definition) is 2. The Kier molecular flexibility index (Phi) is 2.80. The van der Waals surface area contributed by atoms with Crippen molar-refractivity contribution in [3.63, 3.8) is 0 Å². The maximum absolute atomic E-state index is 10.8. The molecule has 0 aliphatic carbocycles. The number of ether oxygens (including phenoxy) is 1. The van der Waals surface area contributed by atoms with Gasteiger partial charge in [0, 0.05) is 0 Å². The number of carbonyl (C=O) groups is 1. The monoisotopic (exact) mass is 270 g/mol. The zero-order chi connectivity index (χ0) is 10.9. The predicted molar refractivity (Wildman–Crippen MR) is 59.0 cm³/mol. The molecule has 3 nitrogen and oxygen atoms in total. The summed E-state index contributed by atoms with van der Waals surface area (Å²) in [6.45, 7) is 0.551. The van der Waals surface area contributed by atoms with E-state index >= 15 is 0 Å². The Hall–Kier alpha value is -0.870. The maximum atomic E-state index is 10.8. The van der Waals surface area contributed by atoms with Crippen molar-refractivity contribution in [2.45, 2.75) is 17.4 Å². The molecule has 1 N–H and O–H groups in total. The van der Waals surface area contributed by atoms with E-state index in [2.05, 4.69) is 15.9 Å². The molecule has 0 radical (unpaired) electrons. The minimum atomic E-state index is -0.872. The van der Waals surface area contributed by atoms with Crippen molar-refractivity contribution in [2.24, 2.45) is 0 Å². The van der Waals surface area contributed by atoms with Gasteiger partial charge in [-0.3, -0.25) is 4.79 Å². The molecule has 1 aromatic carbocycles. The lowest BCUT2D eigenvalue weighted by Gasteiger charge is -2.33. The number of benzene rings is 1. The van der Waals surface area contributed by atoms with Gasteiger partial charge >= 0.3 is 5.97 Å². The van der Waals surface area contributed by atoms with E-state index in [1.54, 1.807) is 0 Å². The second-order valence-corrected chi connectivity index (χ2v) is 4.84. The van der Waals surface area contributed by atoms with Crippen LogP contribution in [0.2, 0.25) is 0 Å². The largest absolute Gasteiger partial charge is 0.481 e. The highest BCUT2D eigenvalue weighted by molar-refractivity contribution is 9.09. The Balaban J connectivity index is 2.40. The summed E-state index contributed by atoms with van der Waals surface area (Å²) in [7, 11) is 0. The number of alkyl halides is 1. The lowest BCUT2D eigenvalue weighted by Crippen LogP contribution is -2.32. The van der Waals surface area contributed by atoms with Crippen molar-refractivity contribution in [1.82, 2.24) is 0 Å². The van der Waals surface area contributed by atoms with Gasteiger partial charge in [-0.15, -0.1) is 0 Å². The molecule has 2 rings (SSSR count). The highest BCUT2D eigenvalue weighted by Crippen LogP contribution is 2.41. The van der Waals surface area contributed by atoms with Crippen molar-refractivity contribution in [3.05, 3.63) is 35.4 Å². The van der Waals surface area contributed by atoms with Gasteiger partial charge in [0.1, 0.15) is 0 Å². The summed E-state index contributed by atoms with van der Waals surface area (Å²) in [5.74, 6) is -0.872. The molecule has 0 spiro atoms. The van der Waals surface area contributed by atoms with E-state index in [4.69, 9.17) is 9.84 Å². The average molecular weight is 271 g/mol. The van der Waals surface area contributed by atoms with Gasteiger partial charge in [0.15, 0.2) is 4.51 Å². The molecule has 15 heavy (non-hydrogen) atoms. The van der Waals surface area contributed by atoms with Crippen LogP contribution in [0.1, 0.15) is 17.5 Å². The summed E-state index contributed by atoms with van der Waals surface area (Å²) in [5, 5.41) is 8.85. The molecule has 1 aromatic rings. The molecule has 1 aliphatic rings. The van der Waals surface area contributed by atoms with E-state index in [1.807, 2.05) is 24.3 Å². The van der Waals surface area contributed by atoms with E-state index in [1.165, 1.54) is 0 Å². The van der Waals surface area contributed by atoms with Gasteiger partial charge in [-0.05, 0) is 33.5 Å². The zero-order valence-electron chi connectivity index (χ0n) is 8.07. The minimum absolute atomic E-state index is 0.0655. The van der Waals surface area contributed by atoms with Crippen LogP contribution in [0.3, 0.4) is 0 Å². The summed E-state index contributed by atoms with van der Waals surface area (Å²) < 4.78 is 4.69. The predicted octanol–water partition coefficient (Wildman–Crippen LogP) is 2.28. The third-order valence-corrected chi connectivity index (χ3v) is 3.44.